The maximum absolute atomic E-state index is 11.0. The minimum Gasteiger partial charge on any atom is -0.468 e. The summed E-state index contributed by atoms with van der Waals surface area (Å²) in [4.78, 5) is 11.7. The molecule has 5 heteroatoms. The highest BCUT2D eigenvalue weighted by atomic mass is 79.9. The average Bonchev–Trinajstić information content (AvgIpc) is 2.49. The normalized spacial score (nSPS) is 12.6. The third-order valence-electron chi connectivity index (χ3n) is 1.25. The molecular formula is C7H6BrClO2S. The van der Waals surface area contributed by atoms with Crippen LogP contribution in [0.5, 0.6) is 0 Å². The van der Waals surface area contributed by atoms with E-state index in [0.29, 0.717) is 0 Å². The fourth-order valence-electron chi connectivity index (χ4n) is 0.681. The third-order valence-corrected chi connectivity index (χ3v) is 3.55. The number of rotatable bonds is 2. The third kappa shape index (κ3) is 2.21. The number of hydrogen-bond acceptors (Lipinski definition) is 3. The van der Waals surface area contributed by atoms with E-state index in [1.165, 1.54) is 18.4 Å². The first-order valence-corrected chi connectivity index (χ1v) is 5.22. The molecule has 1 aromatic heterocycles. The molecule has 0 bridgehead atoms. The van der Waals surface area contributed by atoms with Crippen molar-refractivity contribution in [3.63, 3.8) is 0 Å². The van der Waals surface area contributed by atoms with Crippen molar-refractivity contribution >= 4 is 44.8 Å². The molecule has 0 radical (unpaired) electrons. The van der Waals surface area contributed by atoms with Gasteiger partial charge in [0.05, 0.1) is 7.11 Å². The number of thiophene rings is 1. The minimum absolute atomic E-state index is 0.425. The zero-order chi connectivity index (χ0) is 9.14. The lowest BCUT2D eigenvalue weighted by molar-refractivity contribution is -0.140. The zero-order valence-electron chi connectivity index (χ0n) is 6.21. The first-order chi connectivity index (χ1) is 5.65. The smallest absolute Gasteiger partial charge is 0.329 e. The van der Waals surface area contributed by atoms with Gasteiger partial charge in [-0.3, -0.25) is 4.79 Å². The Labute approximate surface area is 87.6 Å². The lowest BCUT2D eigenvalue weighted by Crippen LogP contribution is -2.06. The van der Waals surface area contributed by atoms with Crippen LogP contribution in [0.2, 0.25) is 0 Å². The molecule has 0 aliphatic carbocycles. The maximum atomic E-state index is 11.0. The standard InChI is InChI=1S/C7H6BrClO2S/c1-11-7(10)6(9)5-2-4(8)3-12-5/h2-3,6H,1H3/t6-/m0/s1. The van der Waals surface area contributed by atoms with Crippen LogP contribution in [0.15, 0.2) is 15.9 Å². The van der Waals surface area contributed by atoms with E-state index in [2.05, 4.69) is 20.7 Å². The summed E-state index contributed by atoms with van der Waals surface area (Å²) in [5, 5.41) is 1.18. The number of ether oxygens (including phenoxy) is 1. The summed E-state index contributed by atoms with van der Waals surface area (Å²) in [6.45, 7) is 0. The number of esters is 1. The van der Waals surface area contributed by atoms with Crippen molar-refractivity contribution in [1.29, 1.82) is 0 Å². The van der Waals surface area contributed by atoms with Crippen LogP contribution in [0.1, 0.15) is 10.3 Å². The molecule has 1 rings (SSSR count). The molecule has 0 saturated carbocycles. The second kappa shape index (κ2) is 4.25. The highest BCUT2D eigenvalue weighted by molar-refractivity contribution is 9.10. The number of hydrogen-bond donors (Lipinski definition) is 0. The second-order valence-corrected chi connectivity index (χ2v) is 4.35. The maximum Gasteiger partial charge on any atom is 0.329 e. The Bertz CT molecular complexity index is 287. The van der Waals surface area contributed by atoms with Crippen LogP contribution >= 0.6 is 38.9 Å². The Kier molecular flexibility index (Phi) is 3.55. The molecule has 0 aliphatic rings. The molecule has 0 spiro atoms. The summed E-state index contributed by atoms with van der Waals surface area (Å²) in [6.07, 6.45) is 0. The Morgan fingerprint density at radius 1 is 1.83 bits per heavy atom. The van der Waals surface area contributed by atoms with E-state index < -0.39 is 11.3 Å². The molecule has 0 amide bonds. The molecule has 0 aliphatic heterocycles. The van der Waals surface area contributed by atoms with Gasteiger partial charge < -0.3 is 4.74 Å². The average molecular weight is 270 g/mol. The molecule has 0 N–H and O–H groups in total. The van der Waals surface area contributed by atoms with Gasteiger partial charge in [0.25, 0.3) is 0 Å². The van der Waals surface area contributed by atoms with E-state index in [9.17, 15) is 4.79 Å². The SMILES string of the molecule is COC(=O)[C@@H](Cl)c1cc(Br)cs1. The summed E-state index contributed by atoms with van der Waals surface area (Å²) >= 11 is 10.5. The first-order valence-electron chi connectivity index (χ1n) is 3.11. The van der Waals surface area contributed by atoms with Crippen LogP contribution in [-0.2, 0) is 9.53 Å². The Morgan fingerprint density at radius 2 is 2.50 bits per heavy atom. The van der Waals surface area contributed by atoms with Gasteiger partial charge in [-0.15, -0.1) is 22.9 Å². The van der Waals surface area contributed by atoms with Crippen LogP contribution in [-0.4, -0.2) is 13.1 Å². The van der Waals surface area contributed by atoms with Crippen molar-refractivity contribution in [2.45, 2.75) is 5.38 Å². The Balaban J connectivity index is 2.77. The van der Waals surface area contributed by atoms with E-state index in [0.717, 1.165) is 9.35 Å². The van der Waals surface area contributed by atoms with Gasteiger partial charge in [0.1, 0.15) is 0 Å². The topological polar surface area (TPSA) is 26.3 Å². The van der Waals surface area contributed by atoms with Crippen LogP contribution in [0.25, 0.3) is 0 Å². The summed E-state index contributed by atoms with van der Waals surface area (Å²) in [5.74, 6) is -0.425. The number of halogens is 2. The number of alkyl halides is 1. The molecular weight excluding hydrogens is 263 g/mol. The summed E-state index contributed by atoms with van der Waals surface area (Å²) in [7, 11) is 1.32. The number of carbonyl (C=O) groups excluding carboxylic acids is 1. The van der Waals surface area contributed by atoms with Crippen molar-refractivity contribution in [1.82, 2.24) is 0 Å². The van der Waals surface area contributed by atoms with Crippen molar-refractivity contribution < 1.29 is 9.53 Å². The van der Waals surface area contributed by atoms with Gasteiger partial charge in [-0.25, -0.2) is 0 Å². The Hall–Kier alpha value is -0.0600. The molecule has 1 heterocycles. The fraction of sp³-hybridized carbons (Fsp3) is 0.286. The zero-order valence-corrected chi connectivity index (χ0v) is 9.37. The van der Waals surface area contributed by atoms with Crippen molar-refractivity contribution in [3.05, 3.63) is 20.8 Å². The van der Waals surface area contributed by atoms with Crippen LogP contribution < -0.4 is 0 Å². The van der Waals surface area contributed by atoms with Gasteiger partial charge in [-0.1, -0.05) is 0 Å². The molecule has 0 aromatic carbocycles. The fourth-order valence-corrected chi connectivity index (χ4v) is 2.39. The van der Waals surface area contributed by atoms with E-state index >= 15 is 0 Å². The molecule has 0 unspecified atom stereocenters. The molecule has 2 nitrogen and oxygen atoms in total. The summed E-state index contributed by atoms with van der Waals surface area (Å²) < 4.78 is 5.42. The molecule has 66 valence electrons. The quantitative estimate of drug-likeness (QED) is 0.609. The summed E-state index contributed by atoms with van der Waals surface area (Å²) in [6, 6.07) is 1.80. The van der Waals surface area contributed by atoms with Crippen LogP contribution in [0, 0.1) is 0 Å². The molecule has 0 fully saturated rings. The van der Waals surface area contributed by atoms with Gasteiger partial charge in [-0.05, 0) is 22.0 Å². The van der Waals surface area contributed by atoms with Crippen LogP contribution in [0.3, 0.4) is 0 Å². The molecule has 1 atom stereocenters. The van der Waals surface area contributed by atoms with E-state index in [1.54, 1.807) is 6.07 Å². The molecule has 0 saturated heterocycles. The number of carbonyl (C=O) groups is 1. The predicted molar refractivity (Wildman–Crippen MR) is 52.6 cm³/mol. The van der Waals surface area contributed by atoms with E-state index in [1.807, 2.05) is 5.38 Å². The molecule has 12 heavy (non-hydrogen) atoms. The largest absolute Gasteiger partial charge is 0.468 e. The second-order valence-electron chi connectivity index (χ2n) is 2.05. The van der Waals surface area contributed by atoms with Gasteiger partial charge in [0, 0.05) is 14.7 Å². The van der Waals surface area contributed by atoms with Gasteiger partial charge in [0.15, 0.2) is 5.38 Å². The highest BCUT2D eigenvalue weighted by Gasteiger charge is 2.19. The van der Waals surface area contributed by atoms with E-state index in [-0.39, 0.29) is 0 Å². The van der Waals surface area contributed by atoms with Crippen molar-refractivity contribution in [2.75, 3.05) is 7.11 Å². The van der Waals surface area contributed by atoms with Crippen molar-refractivity contribution in [3.8, 4) is 0 Å². The predicted octanol–water partition coefficient (Wildman–Crippen LogP) is 2.96. The van der Waals surface area contributed by atoms with Gasteiger partial charge in [0.2, 0.25) is 0 Å². The lowest BCUT2D eigenvalue weighted by Gasteiger charge is -2.02. The van der Waals surface area contributed by atoms with Gasteiger partial charge >= 0.3 is 5.97 Å². The van der Waals surface area contributed by atoms with Gasteiger partial charge in [-0.2, -0.15) is 0 Å². The molecule has 1 aromatic rings. The number of methoxy groups -OCH3 is 1. The highest BCUT2D eigenvalue weighted by Crippen LogP contribution is 2.30. The van der Waals surface area contributed by atoms with Crippen LogP contribution in [0.4, 0.5) is 0 Å². The minimum atomic E-state index is -0.689. The van der Waals surface area contributed by atoms with Crippen molar-refractivity contribution in [2.24, 2.45) is 0 Å². The lowest BCUT2D eigenvalue weighted by atomic mass is 10.3. The first kappa shape index (κ1) is 10.0. The van der Waals surface area contributed by atoms with E-state index in [4.69, 9.17) is 11.6 Å². The summed E-state index contributed by atoms with van der Waals surface area (Å²) in [5.41, 5.74) is 0. The Morgan fingerprint density at radius 3 is 2.92 bits per heavy atom. The monoisotopic (exact) mass is 268 g/mol.